The summed E-state index contributed by atoms with van der Waals surface area (Å²) in [6.45, 7) is 4.39. The Morgan fingerprint density at radius 2 is 2.24 bits per heavy atom. The maximum Gasteiger partial charge on any atom is 0.270 e. The number of non-ortho nitro benzene ring substituents is 1. The fourth-order valence-electron chi connectivity index (χ4n) is 2.93. The highest BCUT2D eigenvalue weighted by molar-refractivity contribution is 5.92. The van der Waals surface area contributed by atoms with E-state index in [4.69, 9.17) is 0 Å². The number of aryl methyl sites for hydroxylation is 2. The summed E-state index contributed by atoms with van der Waals surface area (Å²) in [5.41, 5.74) is 8.24. The molecule has 1 aliphatic heterocycles. The Morgan fingerprint density at radius 1 is 1.44 bits per heavy atom. The molecule has 3 N–H and O–H groups in total. The first-order valence-corrected chi connectivity index (χ1v) is 8.08. The van der Waals surface area contributed by atoms with E-state index >= 15 is 0 Å². The van der Waals surface area contributed by atoms with E-state index in [1.165, 1.54) is 6.07 Å². The van der Waals surface area contributed by atoms with Gasteiger partial charge in [-0.3, -0.25) is 19.6 Å². The van der Waals surface area contributed by atoms with Crippen molar-refractivity contribution in [2.75, 3.05) is 0 Å². The van der Waals surface area contributed by atoms with Crippen LogP contribution >= 0.6 is 0 Å². The number of hydrogen-bond donors (Lipinski definition) is 3. The number of nitro benzene ring substituents is 1. The SMILES string of the molecule is CCn1nc(C)cc1C(=O)NC1CC(c2cccc([N+](=O)[O-])c2)NN1. The molecule has 9 nitrogen and oxygen atoms in total. The van der Waals surface area contributed by atoms with E-state index in [-0.39, 0.29) is 23.8 Å². The number of aromatic nitrogens is 2. The number of rotatable bonds is 5. The molecule has 1 aromatic heterocycles. The molecule has 0 spiro atoms. The number of benzene rings is 1. The highest BCUT2D eigenvalue weighted by Crippen LogP contribution is 2.24. The van der Waals surface area contributed by atoms with Crippen molar-refractivity contribution in [1.29, 1.82) is 0 Å². The molecule has 132 valence electrons. The highest BCUT2D eigenvalue weighted by atomic mass is 16.6. The smallest absolute Gasteiger partial charge is 0.270 e. The van der Waals surface area contributed by atoms with Crippen LogP contribution in [0.1, 0.15) is 41.1 Å². The van der Waals surface area contributed by atoms with Gasteiger partial charge in [0.1, 0.15) is 5.69 Å². The minimum absolute atomic E-state index is 0.0501. The number of nitro groups is 1. The Bertz CT molecular complexity index is 803. The van der Waals surface area contributed by atoms with E-state index in [9.17, 15) is 14.9 Å². The Balaban J connectivity index is 1.66. The molecule has 9 heteroatoms. The third kappa shape index (κ3) is 3.67. The zero-order valence-corrected chi connectivity index (χ0v) is 14.0. The fraction of sp³-hybridized carbons (Fsp3) is 0.375. The summed E-state index contributed by atoms with van der Waals surface area (Å²) in [7, 11) is 0. The summed E-state index contributed by atoms with van der Waals surface area (Å²) in [5.74, 6) is -0.207. The van der Waals surface area contributed by atoms with Gasteiger partial charge >= 0.3 is 0 Å². The molecule has 1 fully saturated rings. The van der Waals surface area contributed by atoms with Crippen molar-refractivity contribution in [1.82, 2.24) is 25.9 Å². The largest absolute Gasteiger partial charge is 0.334 e. The molecule has 1 aliphatic rings. The first-order chi connectivity index (χ1) is 12.0. The van der Waals surface area contributed by atoms with Gasteiger partial charge in [-0.25, -0.2) is 10.9 Å². The molecule has 1 saturated heterocycles. The van der Waals surface area contributed by atoms with Crippen molar-refractivity contribution in [3.63, 3.8) is 0 Å². The molecule has 25 heavy (non-hydrogen) atoms. The van der Waals surface area contributed by atoms with Gasteiger partial charge in [0.25, 0.3) is 11.6 Å². The summed E-state index contributed by atoms with van der Waals surface area (Å²) in [6.07, 6.45) is 0.295. The monoisotopic (exact) mass is 344 g/mol. The van der Waals surface area contributed by atoms with Crippen molar-refractivity contribution < 1.29 is 9.72 Å². The van der Waals surface area contributed by atoms with Gasteiger partial charge in [0.2, 0.25) is 0 Å². The minimum Gasteiger partial charge on any atom is -0.334 e. The first kappa shape index (κ1) is 17.1. The molecular formula is C16H20N6O3. The van der Waals surface area contributed by atoms with Crippen LogP contribution in [0.2, 0.25) is 0 Å². The number of carbonyl (C=O) groups is 1. The van der Waals surface area contributed by atoms with Crippen molar-refractivity contribution in [2.24, 2.45) is 0 Å². The number of hydrazine groups is 1. The fourth-order valence-corrected chi connectivity index (χ4v) is 2.93. The molecule has 3 rings (SSSR count). The normalized spacial score (nSPS) is 19.8. The third-order valence-electron chi connectivity index (χ3n) is 4.13. The van der Waals surface area contributed by atoms with E-state index in [2.05, 4.69) is 21.3 Å². The lowest BCUT2D eigenvalue weighted by Crippen LogP contribution is -2.44. The molecule has 0 radical (unpaired) electrons. The molecule has 2 heterocycles. The molecule has 0 bridgehead atoms. The Hall–Kier alpha value is -2.78. The van der Waals surface area contributed by atoms with Gasteiger partial charge in [-0.1, -0.05) is 12.1 Å². The summed E-state index contributed by atoms with van der Waals surface area (Å²) in [6, 6.07) is 8.11. The van der Waals surface area contributed by atoms with Gasteiger partial charge in [-0.05, 0) is 25.5 Å². The maximum atomic E-state index is 12.5. The number of nitrogens with zero attached hydrogens (tertiary/aromatic N) is 3. The van der Waals surface area contributed by atoms with Crippen LogP contribution in [0.15, 0.2) is 30.3 Å². The van der Waals surface area contributed by atoms with Crippen LogP contribution in [0, 0.1) is 17.0 Å². The number of nitrogens with one attached hydrogen (secondary N) is 3. The summed E-state index contributed by atoms with van der Waals surface area (Å²) in [4.78, 5) is 22.9. The van der Waals surface area contributed by atoms with Gasteiger partial charge in [-0.15, -0.1) is 0 Å². The zero-order chi connectivity index (χ0) is 18.0. The van der Waals surface area contributed by atoms with Crippen molar-refractivity contribution in [3.05, 3.63) is 57.4 Å². The molecule has 2 aromatic rings. The lowest BCUT2D eigenvalue weighted by Gasteiger charge is -2.12. The topological polar surface area (TPSA) is 114 Å². The second kappa shape index (κ2) is 6.99. The second-order valence-electron chi connectivity index (χ2n) is 5.94. The maximum absolute atomic E-state index is 12.5. The van der Waals surface area contributed by atoms with Crippen LogP contribution in [-0.2, 0) is 6.54 Å². The van der Waals surface area contributed by atoms with E-state index < -0.39 is 4.92 Å². The van der Waals surface area contributed by atoms with Crippen molar-refractivity contribution in [3.8, 4) is 0 Å². The molecule has 2 atom stereocenters. The average Bonchev–Trinajstić information content (AvgIpc) is 3.21. The molecule has 0 saturated carbocycles. The van der Waals surface area contributed by atoms with Crippen LogP contribution in [0.4, 0.5) is 5.69 Å². The van der Waals surface area contributed by atoms with Gasteiger partial charge in [0, 0.05) is 31.1 Å². The van der Waals surface area contributed by atoms with E-state index in [0.717, 1.165) is 11.3 Å². The molecule has 1 aromatic carbocycles. The van der Waals surface area contributed by atoms with E-state index in [0.29, 0.717) is 18.7 Å². The Kier molecular flexibility index (Phi) is 4.77. The van der Waals surface area contributed by atoms with Crippen LogP contribution in [0.25, 0.3) is 0 Å². The van der Waals surface area contributed by atoms with Gasteiger partial charge < -0.3 is 5.32 Å². The predicted molar refractivity (Wildman–Crippen MR) is 90.6 cm³/mol. The van der Waals surface area contributed by atoms with Crippen LogP contribution in [-0.4, -0.2) is 26.8 Å². The highest BCUT2D eigenvalue weighted by Gasteiger charge is 2.28. The van der Waals surface area contributed by atoms with Crippen LogP contribution in [0.5, 0.6) is 0 Å². The predicted octanol–water partition coefficient (Wildman–Crippen LogP) is 1.41. The summed E-state index contributed by atoms with van der Waals surface area (Å²) >= 11 is 0. The Labute approximate surface area is 144 Å². The van der Waals surface area contributed by atoms with Crippen LogP contribution < -0.4 is 16.2 Å². The molecular weight excluding hydrogens is 324 g/mol. The van der Waals surface area contributed by atoms with E-state index in [1.54, 1.807) is 22.9 Å². The van der Waals surface area contributed by atoms with Gasteiger partial charge in [0.05, 0.1) is 16.8 Å². The van der Waals surface area contributed by atoms with Gasteiger partial charge in [-0.2, -0.15) is 5.10 Å². The van der Waals surface area contributed by atoms with Crippen molar-refractivity contribution in [2.45, 2.75) is 39.0 Å². The standard InChI is InChI=1S/C16H20N6O3/c1-3-21-14(7-10(2)20-21)16(23)17-15-9-13(18-19-15)11-5-4-6-12(8-11)22(24)25/h4-8,13,15,18-19H,3,9H2,1-2H3,(H,17,23). The lowest BCUT2D eigenvalue weighted by atomic mass is 10.0. The second-order valence-corrected chi connectivity index (χ2v) is 5.94. The number of carbonyl (C=O) groups excluding carboxylic acids is 1. The lowest BCUT2D eigenvalue weighted by molar-refractivity contribution is -0.384. The first-order valence-electron chi connectivity index (χ1n) is 8.08. The quantitative estimate of drug-likeness (QED) is 0.558. The number of hydrogen-bond acceptors (Lipinski definition) is 6. The molecule has 0 aliphatic carbocycles. The molecule has 2 unspecified atom stereocenters. The van der Waals surface area contributed by atoms with Crippen LogP contribution in [0.3, 0.4) is 0 Å². The molecule has 1 amide bonds. The number of amides is 1. The summed E-state index contributed by atoms with van der Waals surface area (Å²) < 4.78 is 1.66. The Morgan fingerprint density at radius 3 is 2.96 bits per heavy atom. The minimum atomic E-state index is -0.417. The summed E-state index contributed by atoms with van der Waals surface area (Å²) in [5, 5.41) is 18.1. The van der Waals surface area contributed by atoms with E-state index in [1.807, 2.05) is 19.9 Å². The third-order valence-corrected chi connectivity index (χ3v) is 4.13. The van der Waals surface area contributed by atoms with Gasteiger partial charge in [0.15, 0.2) is 0 Å². The average molecular weight is 344 g/mol. The van der Waals surface area contributed by atoms with Crippen molar-refractivity contribution >= 4 is 11.6 Å². The zero-order valence-electron chi connectivity index (χ0n) is 14.0.